The first-order chi connectivity index (χ1) is 12.5. The molecule has 27 heavy (non-hydrogen) atoms. The molecule has 2 aromatic carbocycles. The molecule has 2 rings (SSSR count). The molecule has 0 atom stereocenters. The van der Waals surface area contributed by atoms with E-state index in [0.29, 0.717) is 5.11 Å². The smallest absolute Gasteiger partial charge is 0.238 e. The van der Waals surface area contributed by atoms with Crippen molar-refractivity contribution >= 4 is 48.8 Å². The first-order valence-corrected chi connectivity index (χ1v) is 11.4. The Morgan fingerprint density at radius 3 is 2.07 bits per heavy atom. The van der Waals surface area contributed by atoms with Crippen molar-refractivity contribution in [3.05, 3.63) is 54.1 Å². The molecule has 0 aromatic heterocycles. The van der Waals surface area contributed by atoms with Crippen LogP contribution in [0.2, 0.25) is 0 Å². The zero-order valence-electron chi connectivity index (χ0n) is 14.5. The van der Waals surface area contributed by atoms with Crippen molar-refractivity contribution in [3.8, 4) is 0 Å². The Morgan fingerprint density at radius 1 is 0.963 bits per heavy atom. The summed E-state index contributed by atoms with van der Waals surface area (Å²) >= 11 is 5.13. The number of rotatable bonds is 7. The van der Waals surface area contributed by atoms with Gasteiger partial charge in [-0.2, -0.15) is 0 Å². The quantitative estimate of drug-likeness (QED) is 0.490. The summed E-state index contributed by atoms with van der Waals surface area (Å²) < 4.78 is 49.0. The average molecular weight is 429 g/mol. The molecule has 0 aliphatic rings. The SMILES string of the molecule is Cc1ccc(NC(=S)NCCS(=O)(=O)Nc2ccc(S(N)(=O)=O)cc2)cc1. The second-order valence-electron chi connectivity index (χ2n) is 5.74. The van der Waals surface area contributed by atoms with Crippen LogP contribution in [0.5, 0.6) is 0 Å². The van der Waals surface area contributed by atoms with Crippen molar-refractivity contribution in [2.45, 2.75) is 11.8 Å². The first kappa shape index (κ1) is 21.1. The van der Waals surface area contributed by atoms with Crippen LogP contribution in [0.15, 0.2) is 53.4 Å². The topological polar surface area (TPSA) is 130 Å². The van der Waals surface area contributed by atoms with E-state index in [1.807, 2.05) is 31.2 Å². The van der Waals surface area contributed by atoms with Crippen LogP contribution in [0.1, 0.15) is 5.56 Å². The molecule has 0 heterocycles. The maximum absolute atomic E-state index is 12.1. The molecule has 0 amide bonds. The Hall–Kier alpha value is -2.21. The molecule has 8 nitrogen and oxygen atoms in total. The summed E-state index contributed by atoms with van der Waals surface area (Å²) in [5.41, 5.74) is 2.16. The molecule has 0 saturated heterocycles. The minimum Gasteiger partial charge on any atom is -0.361 e. The molecule has 5 N–H and O–H groups in total. The van der Waals surface area contributed by atoms with Crippen molar-refractivity contribution in [3.63, 3.8) is 0 Å². The molecule has 2 aromatic rings. The zero-order chi connectivity index (χ0) is 20.1. The Bertz CT molecular complexity index is 1000. The van der Waals surface area contributed by atoms with Crippen LogP contribution >= 0.6 is 12.2 Å². The Labute approximate surface area is 164 Å². The number of benzene rings is 2. The minimum atomic E-state index is -3.82. The third-order valence-electron chi connectivity index (χ3n) is 3.42. The standard InChI is InChI=1S/C16H20N4O4S3/c1-12-2-4-13(5-3-12)19-16(25)18-10-11-26(21,22)20-14-6-8-15(9-7-14)27(17,23)24/h2-9,20H,10-11H2,1H3,(H2,17,23,24)(H2,18,19,25). The predicted octanol–water partition coefficient (Wildman–Crippen LogP) is 1.37. The van der Waals surface area contributed by atoms with Gasteiger partial charge < -0.3 is 10.6 Å². The molecule has 0 spiro atoms. The van der Waals surface area contributed by atoms with E-state index in [1.165, 1.54) is 24.3 Å². The number of hydrogen-bond donors (Lipinski definition) is 4. The summed E-state index contributed by atoms with van der Waals surface area (Å²) in [6, 6.07) is 12.7. The monoisotopic (exact) mass is 428 g/mol. The van der Waals surface area contributed by atoms with Gasteiger partial charge in [-0.15, -0.1) is 0 Å². The summed E-state index contributed by atoms with van der Waals surface area (Å²) in [4.78, 5) is -0.0976. The van der Waals surface area contributed by atoms with Gasteiger partial charge in [0.2, 0.25) is 20.0 Å². The van der Waals surface area contributed by atoms with Gasteiger partial charge in [-0.25, -0.2) is 22.0 Å². The number of primary sulfonamides is 1. The van der Waals surface area contributed by atoms with E-state index in [1.54, 1.807) is 0 Å². The number of aryl methyl sites for hydroxylation is 1. The Kier molecular flexibility index (Phi) is 6.76. The van der Waals surface area contributed by atoms with Crippen LogP contribution < -0.4 is 20.5 Å². The lowest BCUT2D eigenvalue weighted by molar-refractivity contribution is 0.597. The molecule has 146 valence electrons. The zero-order valence-corrected chi connectivity index (χ0v) is 16.9. The molecule has 0 unspecified atom stereocenters. The molecular weight excluding hydrogens is 408 g/mol. The summed E-state index contributed by atoms with van der Waals surface area (Å²) in [5.74, 6) is -0.223. The summed E-state index contributed by atoms with van der Waals surface area (Å²) in [7, 11) is -7.46. The van der Waals surface area contributed by atoms with Gasteiger partial charge in [0.05, 0.1) is 10.6 Å². The highest BCUT2D eigenvalue weighted by atomic mass is 32.2. The number of nitrogens with two attached hydrogens (primary N) is 1. The summed E-state index contributed by atoms with van der Waals surface area (Å²) in [6.07, 6.45) is 0. The van der Waals surface area contributed by atoms with Gasteiger partial charge in [0.1, 0.15) is 0 Å². The predicted molar refractivity (Wildman–Crippen MR) is 111 cm³/mol. The highest BCUT2D eigenvalue weighted by molar-refractivity contribution is 7.92. The normalized spacial score (nSPS) is 11.6. The average Bonchev–Trinajstić information content (AvgIpc) is 2.56. The summed E-state index contributed by atoms with van der Waals surface area (Å²) in [5, 5.41) is 11.1. The van der Waals surface area contributed by atoms with Gasteiger partial charge in [0.25, 0.3) is 0 Å². The highest BCUT2D eigenvalue weighted by Gasteiger charge is 2.12. The molecule has 0 saturated carbocycles. The van der Waals surface area contributed by atoms with Crippen molar-refractivity contribution < 1.29 is 16.8 Å². The lowest BCUT2D eigenvalue weighted by Gasteiger charge is -2.12. The fraction of sp³-hybridized carbons (Fsp3) is 0.188. The van der Waals surface area contributed by atoms with E-state index in [2.05, 4.69) is 15.4 Å². The molecule has 0 bridgehead atoms. The highest BCUT2D eigenvalue weighted by Crippen LogP contribution is 2.14. The Balaban J connectivity index is 1.83. The fourth-order valence-corrected chi connectivity index (χ4v) is 3.76. The van der Waals surface area contributed by atoms with Crippen LogP contribution in [-0.2, 0) is 20.0 Å². The van der Waals surface area contributed by atoms with Crippen LogP contribution in [0.4, 0.5) is 11.4 Å². The number of sulfonamides is 2. The lowest BCUT2D eigenvalue weighted by atomic mass is 10.2. The van der Waals surface area contributed by atoms with Crippen LogP contribution in [0.25, 0.3) is 0 Å². The van der Waals surface area contributed by atoms with E-state index in [-0.39, 0.29) is 22.9 Å². The van der Waals surface area contributed by atoms with Gasteiger partial charge in [-0.05, 0) is 55.5 Å². The second kappa shape index (κ2) is 8.65. The largest absolute Gasteiger partial charge is 0.361 e. The van der Waals surface area contributed by atoms with Crippen molar-refractivity contribution in [1.82, 2.24) is 5.32 Å². The maximum Gasteiger partial charge on any atom is 0.238 e. The lowest BCUT2D eigenvalue weighted by Crippen LogP contribution is -2.34. The number of nitrogens with one attached hydrogen (secondary N) is 3. The molecule has 0 aliphatic carbocycles. The minimum absolute atomic E-state index is 0.0976. The first-order valence-electron chi connectivity index (χ1n) is 7.80. The van der Waals surface area contributed by atoms with E-state index in [4.69, 9.17) is 17.4 Å². The van der Waals surface area contributed by atoms with Crippen molar-refractivity contribution in [1.29, 1.82) is 0 Å². The van der Waals surface area contributed by atoms with Crippen LogP contribution in [-0.4, -0.2) is 34.2 Å². The van der Waals surface area contributed by atoms with Crippen molar-refractivity contribution in [2.75, 3.05) is 22.3 Å². The summed E-state index contributed by atoms with van der Waals surface area (Å²) in [6.45, 7) is 2.07. The molecular formula is C16H20N4O4S3. The van der Waals surface area contributed by atoms with Gasteiger partial charge in [-0.3, -0.25) is 4.72 Å². The number of anilines is 2. The van der Waals surface area contributed by atoms with Gasteiger partial charge >= 0.3 is 0 Å². The molecule has 0 aliphatic heterocycles. The van der Waals surface area contributed by atoms with Gasteiger partial charge in [-0.1, -0.05) is 17.7 Å². The van der Waals surface area contributed by atoms with Gasteiger partial charge in [0, 0.05) is 17.9 Å². The molecule has 0 fully saturated rings. The molecule has 0 radical (unpaired) electrons. The third kappa shape index (κ3) is 7.13. The van der Waals surface area contributed by atoms with Crippen molar-refractivity contribution in [2.24, 2.45) is 5.14 Å². The molecule has 11 heteroatoms. The van der Waals surface area contributed by atoms with Gasteiger partial charge in [0.15, 0.2) is 5.11 Å². The fourth-order valence-electron chi connectivity index (χ4n) is 2.05. The Morgan fingerprint density at radius 2 is 1.52 bits per heavy atom. The third-order valence-corrected chi connectivity index (χ3v) is 5.89. The van der Waals surface area contributed by atoms with E-state index in [9.17, 15) is 16.8 Å². The van der Waals surface area contributed by atoms with E-state index >= 15 is 0 Å². The van der Waals surface area contributed by atoms with Crippen LogP contribution in [0, 0.1) is 6.92 Å². The second-order valence-corrected chi connectivity index (χ2v) is 9.55. The van der Waals surface area contributed by atoms with E-state index < -0.39 is 20.0 Å². The number of hydrogen-bond acceptors (Lipinski definition) is 5. The van der Waals surface area contributed by atoms with E-state index in [0.717, 1.165) is 11.3 Å². The number of thiocarbonyl (C=S) groups is 1. The maximum atomic E-state index is 12.1. The van der Waals surface area contributed by atoms with Crippen LogP contribution in [0.3, 0.4) is 0 Å².